The van der Waals surface area contributed by atoms with E-state index in [1.165, 1.54) is 0 Å². The Morgan fingerprint density at radius 2 is 1.60 bits per heavy atom. The van der Waals surface area contributed by atoms with Gasteiger partial charge in [0.15, 0.2) is 0 Å². The van der Waals surface area contributed by atoms with E-state index < -0.39 is 0 Å². The van der Waals surface area contributed by atoms with Gasteiger partial charge in [-0.3, -0.25) is 9.36 Å². The Bertz CT molecular complexity index is 896. The highest BCUT2D eigenvalue weighted by Gasteiger charge is 2.24. The van der Waals surface area contributed by atoms with Crippen molar-refractivity contribution in [2.24, 2.45) is 0 Å². The molecule has 0 saturated heterocycles. The summed E-state index contributed by atoms with van der Waals surface area (Å²) >= 11 is 0. The maximum atomic E-state index is 13.2. The van der Waals surface area contributed by atoms with Gasteiger partial charge in [-0.25, -0.2) is 4.98 Å². The van der Waals surface area contributed by atoms with E-state index in [0.29, 0.717) is 13.0 Å². The molecule has 1 aliphatic rings. The van der Waals surface area contributed by atoms with Crippen molar-refractivity contribution in [1.82, 2.24) is 14.9 Å². The van der Waals surface area contributed by atoms with E-state index in [0.717, 1.165) is 28.9 Å². The Morgan fingerprint density at radius 3 is 2.20 bits per heavy atom. The number of fused-ring (bicyclic) bond motifs is 1. The first-order valence-electron chi connectivity index (χ1n) is 8.46. The number of nitrogens with one attached hydrogen (secondary N) is 1. The van der Waals surface area contributed by atoms with Gasteiger partial charge in [-0.1, -0.05) is 60.7 Å². The van der Waals surface area contributed by atoms with Crippen LogP contribution in [0.4, 0.5) is 5.95 Å². The highest BCUT2D eigenvalue weighted by molar-refractivity contribution is 5.38. The van der Waals surface area contributed by atoms with Crippen molar-refractivity contribution in [2.45, 2.75) is 19.0 Å². The molecule has 0 aliphatic carbocycles. The van der Waals surface area contributed by atoms with E-state index in [1.807, 2.05) is 60.7 Å². The standard InChI is InChI=1S/C20H20N4O/c21-20-23-17-13-22-12-11-16(17)19(25)24(20)18(14-7-3-1-4-8-14)15-9-5-2-6-10-15/h1-10,18,22H,11-13H2,(H2,21,23). The summed E-state index contributed by atoms with van der Waals surface area (Å²) in [5.41, 5.74) is 9.77. The van der Waals surface area contributed by atoms with E-state index in [9.17, 15) is 4.79 Å². The number of anilines is 1. The van der Waals surface area contributed by atoms with Crippen molar-refractivity contribution < 1.29 is 0 Å². The van der Waals surface area contributed by atoms with E-state index in [1.54, 1.807) is 4.57 Å². The molecule has 1 aliphatic heterocycles. The second-order valence-electron chi connectivity index (χ2n) is 6.22. The van der Waals surface area contributed by atoms with Crippen molar-refractivity contribution in [2.75, 3.05) is 12.3 Å². The van der Waals surface area contributed by atoms with Crippen molar-refractivity contribution in [3.8, 4) is 0 Å². The van der Waals surface area contributed by atoms with E-state index >= 15 is 0 Å². The molecule has 1 aromatic heterocycles. The average Bonchev–Trinajstić information content (AvgIpc) is 2.66. The van der Waals surface area contributed by atoms with Crippen molar-refractivity contribution >= 4 is 5.95 Å². The zero-order valence-electron chi connectivity index (χ0n) is 13.9. The predicted molar refractivity (Wildman–Crippen MR) is 98.4 cm³/mol. The maximum absolute atomic E-state index is 13.2. The van der Waals surface area contributed by atoms with Gasteiger partial charge in [0.2, 0.25) is 5.95 Å². The molecule has 2 heterocycles. The van der Waals surface area contributed by atoms with Gasteiger partial charge in [0.05, 0.1) is 11.7 Å². The van der Waals surface area contributed by atoms with Crippen molar-refractivity contribution in [3.63, 3.8) is 0 Å². The number of aromatic nitrogens is 2. The molecule has 0 spiro atoms. The molecule has 3 N–H and O–H groups in total. The van der Waals surface area contributed by atoms with Crippen LogP contribution in [-0.2, 0) is 13.0 Å². The average molecular weight is 332 g/mol. The van der Waals surface area contributed by atoms with Gasteiger partial charge in [-0.05, 0) is 24.1 Å². The molecule has 4 rings (SSSR count). The second kappa shape index (κ2) is 6.53. The zero-order valence-corrected chi connectivity index (χ0v) is 13.9. The van der Waals surface area contributed by atoms with Crippen molar-refractivity contribution in [3.05, 3.63) is 93.4 Å². The Balaban J connectivity index is 1.96. The summed E-state index contributed by atoms with van der Waals surface area (Å²) in [4.78, 5) is 17.8. The van der Waals surface area contributed by atoms with Crippen LogP contribution in [0, 0.1) is 0 Å². The smallest absolute Gasteiger partial charge is 0.259 e. The van der Waals surface area contributed by atoms with E-state index in [-0.39, 0.29) is 17.5 Å². The van der Waals surface area contributed by atoms with Gasteiger partial charge in [0.1, 0.15) is 0 Å². The lowest BCUT2D eigenvalue weighted by molar-refractivity contribution is 0.580. The normalized spacial score (nSPS) is 13.6. The summed E-state index contributed by atoms with van der Waals surface area (Å²) < 4.78 is 1.63. The molecule has 3 aromatic rings. The Morgan fingerprint density at radius 1 is 1.00 bits per heavy atom. The number of hydrogen-bond acceptors (Lipinski definition) is 4. The molecule has 0 fully saturated rings. The zero-order chi connectivity index (χ0) is 17.2. The molecule has 5 heteroatoms. The lowest BCUT2D eigenvalue weighted by Gasteiger charge is -2.25. The van der Waals surface area contributed by atoms with Crippen LogP contribution in [0.15, 0.2) is 65.5 Å². The lowest BCUT2D eigenvalue weighted by atomic mass is 9.97. The third-order valence-electron chi connectivity index (χ3n) is 4.65. The number of benzene rings is 2. The Labute approximate surface area is 146 Å². The van der Waals surface area contributed by atoms with Gasteiger partial charge >= 0.3 is 0 Å². The summed E-state index contributed by atoms with van der Waals surface area (Å²) in [5.74, 6) is 0.255. The van der Waals surface area contributed by atoms with Gasteiger partial charge in [0, 0.05) is 12.1 Å². The van der Waals surface area contributed by atoms with Gasteiger partial charge in [0.25, 0.3) is 5.56 Å². The van der Waals surface area contributed by atoms with Gasteiger partial charge < -0.3 is 11.1 Å². The van der Waals surface area contributed by atoms with E-state index in [2.05, 4.69) is 10.3 Å². The van der Waals surface area contributed by atoms with Crippen LogP contribution >= 0.6 is 0 Å². The number of nitrogen functional groups attached to an aromatic ring is 1. The fourth-order valence-electron chi connectivity index (χ4n) is 3.46. The summed E-state index contributed by atoms with van der Waals surface area (Å²) in [6, 6.07) is 19.6. The molecule has 0 saturated carbocycles. The number of hydrogen-bond donors (Lipinski definition) is 2. The predicted octanol–water partition coefficient (Wildman–Crippen LogP) is 2.11. The minimum Gasteiger partial charge on any atom is -0.369 e. The van der Waals surface area contributed by atoms with Crippen LogP contribution in [0.1, 0.15) is 28.4 Å². The third-order valence-corrected chi connectivity index (χ3v) is 4.65. The fourth-order valence-corrected chi connectivity index (χ4v) is 3.46. The first kappa shape index (κ1) is 15.6. The third kappa shape index (κ3) is 2.83. The minimum atomic E-state index is -0.289. The number of rotatable bonds is 3. The van der Waals surface area contributed by atoms with Crippen LogP contribution in [0.5, 0.6) is 0 Å². The monoisotopic (exact) mass is 332 g/mol. The van der Waals surface area contributed by atoms with E-state index in [4.69, 9.17) is 5.73 Å². The summed E-state index contributed by atoms with van der Waals surface area (Å²) in [6.45, 7) is 1.38. The van der Waals surface area contributed by atoms with Crippen LogP contribution in [0.25, 0.3) is 0 Å². The maximum Gasteiger partial charge on any atom is 0.259 e. The minimum absolute atomic E-state index is 0.0401. The SMILES string of the molecule is Nc1nc2c(c(=O)n1C(c1ccccc1)c1ccccc1)CCNC2. The number of nitrogens with two attached hydrogens (primary N) is 1. The first-order chi connectivity index (χ1) is 12.3. The highest BCUT2D eigenvalue weighted by Crippen LogP contribution is 2.27. The Kier molecular flexibility index (Phi) is 4.07. The van der Waals surface area contributed by atoms with Crippen LogP contribution in [0.3, 0.4) is 0 Å². The van der Waals surface area contributed by atoms with Crippen LogP contribution < -0.4 is 16.6 Å². The molecule has 126 valence electrons. The van der Waals surface area contributed by atoms with Crippen LogP contribution in [0.2, 0.25) is 0 Å². The molecule has 0 unspecified atom stereocenters. The van der Waals surface area contributed by atoms with Crippen LogP contribution in [-0.4, -0.2) is 16.1 Å². The molecule has 0 bridgehead atoms. The molecule has 25 heavy (non-hydrogen) atoms. The summed E-state index contributed by atoms with van der Waals surface area (Å²) in [7, 11) is 0. The molecule has 5 nitrogen and oxygen atoms in total. The lowest BCUT2D eigenvalue weighted by Crippen LogP contribution is -2.38. The largest absolute Gasteiger partial charge is 0.369 e. The molecule has 0 amide bonds. The fraction of sp³-hybridized carbons (Fsp3) is 0.200. The van der Waals surface area contributed by atoms with Gasteiger partial charge in [-0.2, -0.15) is 0 Å². The van der Waals surface area contributed by atoms with Crippen molar-refractivity contribution in [1.29, 1.82) is 0 Å². The summed E-state index contributed by atoms with van der Waals surface area (Å²) in [6.07, 6.45) is 0.678. The molecule has 0 atom stereocenters. The first-order valence-corrected chi connectivity index (χ1v) is 8.46. The highest BCUT2D eigenvalue weighted by atomic mass is 16.1. The molecule has 2 aromatic carbocycles. The quantitative estimate of drug-likeness (QED) is 0.770. The molecular weight excluding hydrogens is 312 g/mol. The number of nitrogens with zero attached hydrogens (tertiary/aromatic N) is 2. The Hall–Kier alpha value is -2.92. The van der Waals surface area contributed by atoms with Gasteiger partial charge in [-0.15, -0.1) is 0 Å². The molecular formula is C20H20N4O. The summed E-state index contributed by atoms with van der Waals surface area (Å²) in [5, 5.41) is 3.24. The molecule has 0 radical (unpaired) electrons. The second-order valence-corrected chi connectivity index (χ2v) is 6.22. The topological polar surface area (TPSA) is 72.9 Å².